The zero-order valence-electron chi connectivity index (χ0n) is 10.6. The van der Waals surface area contributed by atoms with Crippen molar-refractivity contribution >= 4 is 29.5 Å². The van der Waals surface area contributed by atoms with E-state index >= 15 is 0 Å². The third-order valence-corrected chi connectivity index (χ3v) is 7.85. The molecule has 1 saturated carbocycles. The van der Waals surface area contributed by atoms with Crippen molar-refractivity contribution in [3.63, 3.8) is 0 Å². The zero-order chi connectivity index (χ0) is 12.6. The van der Waals surface area contributed by atoms with Crippen LogP contribution in [-0.2, 0) is 9.53 Å². The molecule has 1 aliphatic carbocycles. The molecule has 1 spiro atoms. The van der Waals surface area contributed by atoms with Crippen molar-refractivity contribution in [2.24, 2.45) is 11.8 Å². The predicted octanol–water partition coefficient (Wildman–Crippen LogP) is 3.47. The fourth-order valence-corrected chi connectivity index (χ4v) is 6.95. The lowest BCUT2D eigenvalue weighted by Gasteiger charge is -2.43. The van der Waals surface area contributed by atoms with E-state index in [-0.39, 0.29) is 18.0 Å². The number of cyclic esters (lactones) is 1. The molecule has 4 heteroatoms. The van der Waals surface area contributed by atoms with Gasteiger partial charge in [-0.2, -0.15) is 0 Å². The summed E-state index contributed by atoms with van der Waals surface area (Å²) >= 11 is 4.25. The van der Waals surface area contributed by atoms with E-state index in [2.05, 4.69) is 30.1 Å². The average Bonchev–Trinajstić information content (AvgIpc) is 2.67. The molecule has 2 saturated heterocycles. The Morgan fingerprint density at radius 1 is 1.44 bits per heavy atom. The normalized spacial score (nSPS) is 38.2. The van der Waals surface area contributed by atoms with Crippen LogP contribution >= 0.6 is 23.5 Å². The first-order valence-corrected chi connectivity index (χ1v) is 8.80. The van der Waals surface area contributed by atoms with Crippen LogP contribution < -0.4 is 0 Å². The highest BCUT2D eigenvalue weighted by atomic mass is 32.2. The highest BCUT2D eigenvalue weighted by Gasteiger charge is 2.52. The molecule has 18 heavy (non-hydrogen) atoms. The van der Waals surface area contributed by atoms with E-state index in [0.717, 1.165) is 19.3 Å². The van der Waals surface area contributed by atoms with Crippen LogP contribution in [0.4, 0.5) is 0 Å². The van der Waals surface area contributed by atoms with Crippen molar-refractivity contribution < 1.29 is 9.53 Å². The number of esters is 1. The molecule has 0 unspecified atom stereocenters. The van der Waals surface area contributed by atoms with Gasteiger partial charge in [-0.05, 0) is 37.2 Å². The van der Waals surface area contributed by atoms with E-state index in [1.807, 2.05) is 6.08 Å². The average molecular weight is 284 g/mol. The molecule has 0 amide bonds. The van der Waals surface area contributed by atoms with E-state index in [0.29, 0.717) is 10.00 Å². The minimum Gasteiger partial charge on any atom is -0.461 e. The largest absolute Gasteiger partial charge is 0.461 e. The van der Waals surface area contributed by atoms with Crippen LogP contribution in [-0.4, -0.2) is 27.7 Å². The molecule has 2 aliphatic heterocycles. The maximum Gasteiger partial charge on any atom is 0.309 e. The molecule has 2 nitrogen and oxygen atoms in total. The SMILES string of the molecule is C=CC[C@@H]1OC(=O)[C@H]2CCC3(C[C@@H]12)SCCCS3. The Labute approximate surface area is 117 Å². The van der Waals surface area contributed by atoms with Crippen molar-refractivity contribution in [1.29, 1.82) is 0 Å². The Hall–Kier alpha value is -0.0900. The van der Waals surface area contributed by atoms with Crippen LogP contribution in [0.1, 0.15) is 32.1 Å². The minimum atomic E-state index is 0.0486. The second-order valence-electron chi connectivity index (χ2n) is 5.47. The summed E-state index contributed by atoms with van der Waals surface area (Å²) in [7, 11) is 0. The maximum absolute atomic E-state index is 11.9. The molecule has 2 heterocycles. The number of ether oxygens (including phenoxy) is 1. The molecule has 3 rings (SSSR count). The summed E-state index contributed by atoms with van der Waals surface area (Å²) in [5.41, 5.74) is 0. The Balaban J connectivity index is 1.76. The zero-order valence-corrected chi connectivity index (χ0v) is 12.2. The molecule has 0 radical (unpaired) electrons. The molecular formula is C14H20O2S2. The molecule has 3 aliphatic rings. The van der Waals surface area contributed by atoms with Gasteiger partial charge in [-0.1, -0.05) is 6.08 Å². The second kappa shape index (κ2) is 5.12. The van der Waals surface area contributed by atoms with Gasteiger partial charge in [0.1, 0.15) is 6.10 Å². The number of carbonyl (C=O) groups excluding carboxylic acids is 1. The number of hydrogen-bond donors (Lipinski definition) is 0. The van der Waals surface area contributed by atoms with Crippen LogP contribution in [0.3, 0.4) is 0 Å². The van der Waals surface area contributed by atoms with E-state index in [1.54, 1.807) is 0 Å². The van der Waals surface area contributed by atoms with Crippen LogP contribution in [0, 0.1) is 11.8 Å². The summed E-state index contributed by atoms with van der Waals surface area (Å²) in [6, 6.07) is 0. The first-order chi connectivity index (χ1) is 8.74. The highest BCUT2D eigenvalue weighted by Crippen LogP contribution is 2.56. The van der Waals surface area contributed by atoms with Gasteiger partial charge in [0.05, 0.1) is 10.00 Å². The first kappa shape index (κ1) is 12.9. The summed E-state index contributed by atoms with van der Waals surface area (Å²) in [4.78, 5) is 11.9. The van der Waals surface area contributed by atoms with Crippen molar-refractivity contribution in [2.75, 3.05) is 11.5 Å². The molecule has 0 aromatic rings. The van der Waals surface area contributed by atoms with Crippen molar-refractivity contribution in [1.82, 2.24) is 0 Å². The number of carbonyl (C=O) groups is 1. The maximum atomic E-state index is 11.9. The topological polar surface area (TPSA) is 26.3 Å². The molecule has 0 aromatic carbocycles. The van der Waals surface area contributed by atoms with Gasteiger partial charge in [-0.3, -0.25) is 4.79 Å². The third kappa shape index (κ3) is 2.22. The van der Waals surface area contributed by atoms with Crippen molar-refractivity contribution in [3.05, 3.63) is 12.7 Å². The second-order valence-corrected chi connectivity index (χ2v) is 8.69. The fraction of sp³-hybridized carbons (Fsp3) is 0.786. The molecule has 0 bridgehead atoms. The molecule has 0 aromatic heterocycles. The quantitative estimate of drug-likeness (QED) is 0.573. The van der Waals surface area contributed by atoms with E-state index in [4.69, 9.17) is 4.74 Å². The molecular weight excluding hydrogens is 264 g/mol. The van der Waals surface area contributed by atoms with Crippen molar-refractivity contribution in [2.45, 2.75) is 42.3 Å². The van der Waals surface area contributed by atoms with Gasteiger partial charge < -0.3 is 4.74 Å². The molecule has 3 atom stereocenters. The van der Waals surface area contributed by atoms with Crippen LogP contribution in [0.15, 0.2) is 12.7 Å². The van der Waals surface area contributed by atoms with Crippen molar-refractivity contribution in [3.8, 4) is 0 Å². The summed E-state index contributed by atoms with van der Waals surface area (Å²) in [6.45, 7) is 3.79. The van der Waals surface area contributed by atoms with E-state index in [9.17, 15) is 4.79 Å². The van der Waals surface area contributed by atoms with Crippen LogP contribution in [0.2, 0.25) is 0 Å². The molecule has 0 N–H and O–H groups in total. The van der Waals surface area contributed by atoms with Crippen LogP contribution in [0.25, 0.3) is 0 Å². The monoisotopic (exact) mass is 284 g/mol. The molecule has 3 fully saturated rings. The van der Waals surface area contributed by atoms with Gasteiger partial charge >= 0.3 is 5.97 Å². The summed E-state index contributed by atoms with van der Waals surface area (Å²) < 4.78 is 5.94. The lowest BCUT2D eigenvalue weighted by atomic mass is 9.77. The lowest BCUT2D eigenvalue weighted by Crippen LogP contribution is -2.38. The van der Waals surface area contributed by atoms with Gasteiger partial charge in [-0.25, -0.2) is 0 Å². The number of rotatable bonds is 2. The Morgan fingerprint density at radius 3 is 2.94 bits per heavy atom. The van der Waals surface area contributed by atoms with Gasteiger partial charge in [0.2, 0.25) is 0 Å². The minimum absolute atomic E-state index is 0.0486. The van der Waals surface area contributed by atoms with Gasteiger partial charge in [0, 0.05) is 12.3 Å². The number of hydrogen-bond acceptors (Lipinski definition) is 4. The van der Waals surface area contributed by atoms with Gasteiger partial charge in [-0.15, -0.1) is 30.1 Å². The van der Waals surface area contributed by atoms with E-state index < -0.39 is 0 Å². The Kier molecular flexibility index (Phi) is 3.68. The van der Waals surface area contributed by atoms with Gasteiger partial charge in [0.15, 0.2) is 0 Å². The lowest BCUT2D eigenvalue weighted by molar-refractivity contribution is -0.144. The Morgan fingerprint density at radius 2 is 2.22 bits per heavy atom. The van der Waals surface area contributed by atoms with Gasteiger partial charge in [0.25, 0.3) is 0 Å². The van der Waals surface area contributed by atoms with Crippen LogP contribution in [0.5, 0.6) is 0 Å². The number of fused-ring (bicyclic) bond motifs is 1. The van der Waals surface area contributed by atoms with E-state index in [1.165, 1.54) is 24.3 Å². The summed E-state index contributed by atoms with van der Waals surface area (Å²) in [6.07, 6.45) is 7.49. The Bertz CT molecular complexity index is 350. The molecule has 100 valence electrons. The smallest absolute Gasteiger partial charge is 0.309 e. The number of thioether (sulfide) groups is 2. The third-order valence-electron chi connectivity index (χ3n) is 4.37. The summed E-state index contributed by atoms with van der Waals surface area (Å²) in [5.74, 6) is 3.22. The fourth-order valence-electron chi connectivity index (χ4n) is 3.47. The first-order valence-electron chi connectivity index (χ1n) is 6.83. The highest BCUT2D eigenvalue weighted by molar-refractivity contribution is 8.18. The predicted molar refractivity (Wildman–Crippen MR) is 77.8 cm³/mol. The standard InChI is InChI=1S/C14H20O2S2/c1-2-4-12-11-9-14(17-7-3-8-18-14)6-5-10(11)13(15)16-12/h2,10-12H,1,3-9H2/t10-,11+,12-/m0/s1. The summed E-state index contributed by atoms with van der Waals surface area (Å²) in [5, 5.41) is 0.